The Labute approximate surface area is 117 Å². The zero-order valence-electron chi connectivity index (χ0n) is 11.7. The average Bonchev–Trinajstić information content (AvgIpc) is 3.08. The first kappa shape index (κ1) is 12.5. The Hall–Kier alpha value is -2.55. The third kappa shape index (κ3) is 2.30. The summed E-state index contributed by atoms with van der Waals surface area (Å²) in [6.07, 6.45) is 7.78. The van der Waals surface area contributed by atoms with Gasteiger partial charge in [-0.05, 0) is 37.1 Å². The van der Waals surface area contributed by atoms with Gasteiger partial charge in [0.2, 0.25) is 0 Å². The van der Waals surface area contributed by atoms with Crippen LogP contribution in [0.1, 0.15) is 11.1 Å². The van der Waals surface area contributed by atoms with Crippen LogP contribution in [-0.4, -0.2) is 14.4 Å². The lowest BCUT2D eigenvalue weighted by Crippen LogP contribution is -1.83. The lowest BCUT2D eigenvalue weighted by molar-refractivity contribution is 1.16. The van der Waals surface area contributed by atoms with E-state index in [1.165, 1.54) is 22.0 Å². The minimum Gasteiger partial charge on any atom is -0.361 e. The van der Waals surface area contributed by atoms with Gasteiger partial charge in [-0.15, -0.1) is 0 Å². The van der Waals surface area contributed by atoms with E-state index in [2.05, 4.69) is 48.1 Å². The van der Waals surface area contributed by atoms with Crippen molar-refractivity contribution < 1.29 is 0 Å². The summed E-state index contributed by atoms with van der Waals surface area (Å²) in [4.78, 5) is 7.37. The van der Waals surface area contributed by atoms with Crippen LogP contribution in [0.15, 0.2) is 61.2 Å². The second kappa shape index (κ2) is 5.21. The summed E-state index contributed by atoms with van der Waals surface area (Å²) in [5.41, 5.74) is 4.80. The van der Waals surface area contributed by atoms with E-state index in [0.717, 1.165) is 5.65 Å². The number of aromatic nitrogens is 3. The van der Waals surface area contributed by atoms with Crippen LogP contribution in [0.25, 0.3) is 16.6 Å². The van der Waals surface area contributed by atoms with Gasteiger partial charge in [0.1, 0.15) is 5.65 Å². The van der Waals surface area contributed by atoms with Gasteiger partial charge in [-0.3, -0.25) is 0 Å². The van der Waals surface area contributed by atoms with Crippen molar-refractivity contribution in [3.63, 3.8) is 0 Å². The van der Waals surface area contributed by atoms with Crippen LogP contribution in [0.3, 0.4) is 0 Å². The number of hydrogen-bond acceptors (Lipinski definition) is 1. The molecule has 20 heavy (non-hydrogen) atoms. The topological polar surface area (TPSA) is 33.1 Å². The quantitative estimate of drug-likeness (QED) is 0.508. The molecule has 3 heteroatoms. The number of pyridine rings is 1. The van der Waals surface area contributed by atoms with Crippen LogP contribution < -0.4 is 0 Å². The number of fused-ring (bicyclic) bond motifs is 2. The molecule has 0 aliphatic heterocycles. The van der Waals surface area contributed by atoms with E-state index in [4.69, 9.17) is 0 Å². The van der Waals surface area contributed by atoms with E-state index < -0.39 is 0 Å². The number of aryl methyl sites for hydroxylation is 2. The van der Waals surface area contributed by atoms with Crippen molar-refractivity contribution in [2.45, 2.75) is 13.8 Å². The van der Waals surface area contributed by atoms with Gasteiger partial charge in [0, 0.05) is 35.7 Å². The SMILES string of the molecule is Cc1c[nH]c2ccccc12.Cc1cccn2ccnc12. The Bertz CT molecular complexity index is 833. The highest BCUT2D eigenvalue weighted by atomic mass is 15.0. The minimum atomic E-state index is 1.04. The minimum absolute atomic E-state index is 1.04. The smallest absolute Gasteiger partial charge is 0.139 e. The van der Waals surface area contributed by atoms with Crippen LogP contribution in [0.4, 0.5) is 0 Å². The molecular weight excluding hydrogens is 246 g/mol. The predicted octanol–water partition coefficient (Wildman–Crippen LogP) is 4.12. The van der Waals surface area contributed by atoms with Crippen molar-refractivity contribution in [1.82, 2.24) is 14.4 Å². The first-order valence-corrected chi connectivity index (χ1v) is 6.67. The molecule has 0 radical (unpaired) electrons. The Kier molecular flexibility index (Phi) is 3.25. The molecule has 3 nitrogen and oxygen atoms in total. The highest BCUT2D eigenvalue weighted by molar-refractivity contribution is 5.82. The van der Waals surface area contributed by atoms with E-state index in [1.807, 2.05) is 41.3 Å². The van der Waals surface area contributed by atoms with E-state index >= 15 is 0 Å². The summed E-state index contributed by atoms with van der Waals surface area (Å²) >= 11 is 0. The molecule has 100 valence electrons. The van der Waals surface area contributed by atoms with E-state index in [9.17, 15) is 0 Å². The Morgan fingerprint density at radius 1 is 0.950 bits per heavy atom. The van der Waals surface area contributed by atoms with Crippen molar-refractivity contribution in [3.8, 4) is 0 Å². The summed E-state index contributed by atoms with van der Waals surface area (Å²) in [6.45, 7) is 4.17. The highest BCUT2D eigenvalue weighted by Gasteiger charge is 1.94. The molecule has 0 amide bonds. The number of nitrogens with zero attached hydrogens (tertiary/aromatic N) is 2. The lowest BCUT2D eigenvalue weighted by Gasteiger charge is -1.94. The third-order valence-corrected chi connectivity index (χ3v) is 3.41. The van der Waals surface area contributed by atoms with Gasteiger partial charge in [0.15, 0.2) is 0 Å². The average molecular weight is 263 g/mol. The molecule has 4 aromatic rings. The second-order valence-corrected chi connectivity index (χ2v) is 4.87. The number of hydrogen-bond donors (Lipinski definition) is 1. The zero-order chi connectivity index (χ0) is 13.9. The van der Waals surface area contributed by atoms with Crippen LogP contribution in [0, 0.1) is 13.8 Å². The Morgan fingerprint density at radius 2 is 1.80 bits per heavy atom. The lowest BCUT2D eigenvalue weighted by atomic mass is 10.2. The largest absolute Gasteiger partial charge is 0.361 e. The molecular formula is C17H17N3. The monoisotopic (exact) mass is 263 g/mol. The number of H-pyrrole nitrogens is 1. The molecule has 0 aliphatic rings. The molecule has 0 fully saturated rings. The summed E-state index contributed by atoms with van der Waals surface area (Å²) < 4.78 is 2.01. The standard InChI is InChI=1S/C9H9N.C8H8N2/c1-7-6-10-9-5-3-2-4-8(7)9;1-7-3-2-5-10-6-4-9-8(7)10/h2-6,10H,1H3;2-6H,1H3. The van der Waals surface area contributed by atoms with Crippen molar-refractivity contribution in [2.75, 3.05) is 0 Å². The summed E-state index contributed by atoms with van der Waals surface area (Å²) in [5.74, 6) is 0. The molecule has 0 unspecified atom stereocenters. The van der Waals surface area contributed by atoms with Gasteiger partial charge in [-0.25, -0.2) is 4.98 Å². The maximum Gasteiger partial charge on any atom is 0.139 e. The summed E-state index contributed by atoms with van der Waals surface area (Å²) in [5, 5.41) is 1.32. The van der Waals surface area contributed by atoms with Gasteiger partial charge in [0.05, 0.1) is 0 Å². The first-order valence-electron chi connectivity index (χ1n) is 6.67. The van der Waals surface area contributed by atoms with Crippen molar-refractivity contribution >= 4 is 16.6 Å². The molecule has 3 heterocycles. The fourth-order valence-electron chi connectivity index (χ4n) is 2.31. The molecule has 4 rings (SSSR count). The highest BCUT2D eigenvalue weighted by Crippen LogP contribution is 2.15. The van der Waals surface area contributed by atoms with E-state index in [-0.39, 0.29) is 0 Å². The van der Waals surface area contributed by atoms with Gasteiger partial charge in [-0.2, -0.15) is 0 Å². The van der Waals surface area contributed by atoms with Crippen LogP contribution in [0.5, 0.6) is 0 Å². The Balaban J connectivity index is 0.000000121. The van der Waals surface area contributed by atoms with Crippen LogP contribution >= 0.6 is 0 Å². The number of nitrogens with one attached hydrogen (secondary N) is 1. The fraction of sp³-hybridized carbons (Fsp3) is 0.118. The molecule has 1 aromatic carbocycles. The Morgan fingerprint density at radius 3 is 2.60 bits per heavy atom. The zero-order valence-corrected chi connectivity index (χ0v) is 11.7. The summed E-state index contributed by atoms with van der Waals surface area (Å²) in [6, 6.07) is 12.4. The van der Waals surface area contributed by atoms with Crippen LogP contribution in [-0.2, 0) is 0 Å². The summed E-state index contributed by atoms with van der Waals surface area (Å²) in [7, 11) is 0. The van der Waals surface area contributed by atoms with Gasteiger partial charge < -0.3 is 9.38 Å². The first-order chi connectivity index (χ1) is 9.75. The molecule has 1 N–H and O–H groups in total. The number of benzene rings is 1. The molecule has 0 spiro atoms. The normalized spacial score (nSPS) is 10.5. The second-order valence-electron chi connectivity index (χ2n) is 4.87. The predicted molar refractivity (Wildman–Crippen MR) is 83.0 cm³/mol. The number of aromatic amines is 1. The van der Waals surface area contributed by atoms with Gasteiger partial charge in [0.25, 0.3) is 0 Å². The maximum absolute atomic E-state index is 4.18. The number of imidazole rings is 1. The van der Waals surface area contributed by atoms with E-state index in [0.29, 0.717) is 0 Å². The molecule has 0 atom stereocenters. The van der Waals surface area contributed by atoms with Gasteiger partial charge >= 0.3 is 0 Å². The molecule has 0 saturated carbocycles. The third-order valence-electron chi connectivity index (χ3n) is 3.41. The van der Waals surface area contributed by atoms with Crippen LogP contribution in [0.2, 0.25) is 0 Å². The molecule has 0 saturated heterocycles. The van der Waals surface area contributed by atoms with E-state index in [1.54, 1.807) is 0 Å². The van der Waals surface area contributed by atoms with Gasteiger partial charge in [-0.1, -0.05) is 24.3 Å². The number of para-hydroxylation sites is 1. The van der Waals surface area contributed by atoms with Crippen molar-refractivity contribution in [2.24, 2.45) is 0 Å². The van der Waals surface area contributed by atoms with Crippen molar-refractivity contribution in [3.05, 3.63) is 72.3 Å². The molecule has 0 aliphatic carbocycles. The maximum atomic E-state index is 4.18. The molecule has 3 aromatic heterocycles. The molecule has 0 bridgehead atoms. The fourth-order valence-corrected chi connectivity index (χ4v) is 2.31. The van der Waals surface area contributed by atoms with Crippen molar-refractivity contribution in [1.29, 1.82) is 0 Å². The number of rotatable bonds is 0.